The van der Waals surface area contributed by atoms with Crippen molar-refractivity contribution in [1.29, 1.82) is 0 Å². The van der Waals surface area contributed by atoms with E-state index in [1.807, 2.05) is 0 Å². The number of carbonyl (C=O) groups is 4. The molecular formula is C20H30FN5O6. The number of primary amides is 1. The lowest BCUT2D eigenvalue weighted by Crippen LogP contribution is -2.44. The summed E-state index contributed by atoms with van der Waals surface area (Å²) < 4.78 is 13.6. The Hall–Kier alpha value is -3.31. The van der Waals surface area contributed by atoms with Gasteiger partial charge in [0.05, 0.1) is 18.7 Å². The van der Waals surface area contributed by atoms with E-state index < -0.39 is 40.8 Å². The minimum absolute atomic E-state index is 0.0492. The smallest absolute Gasteiger partial charge is 0.336 e. The van der Waals surface area contributed by atoms with Crippen molar-refractivity contribution in [2.24, 2.45) is 5.73 Å². The van der Waals surface area contributed by atoms with Gasteiger partial charge >= 0.3 is 11.7 Å². The highest BCUT2D eigenvalue weighted by atomic mass is 19.1. The Balaban J connectivity index is 2.50. The molecule has 0 bridgehead atoms. The summed E-state index contributed by atoms with van der Waals surface area (Å²) in [6.07, 6.45) is 5.20. The number of amides is 3. The number of hydrogen-bond acceptors (Lipinski definition) is 6. The number of Topliss-reactive ketones (excluding diaryl/α,β-unsaturated/α-hetero) is 1. The molecule has 1 atom stereocenters. The molecule has 0 fully saturated rings. The average molecular weight is 455 g/mol. The van der Waals surface area contributed by atoms with E-state index in [9.17, 15) is 33.2 Å². The van der Waals surface area contributed by atoms with Crippen LogP contribution >= 0.6 is 0 Å². The summed E-state index contributed by atoms with van der Waals surface area (Å²) in [4.78, 5) is 71.8. The molecule has 1 heterocycles. The summed E-state index contributed by atoms with van der Waals surface area (Å²) in [5.74, 6) is -2.80. The minimum atomic E-state index is -1.30. The van der Waals surface area contributed by atoms with Gasteiger partial charge in [0.25, 0.3) is 5.56 Å². The first-order chi connectivity index (χ1) is 15.1. The fourth-order valence-corrected chi connectivity index (χ4v) is 2.92. The number of rotatable bonds is 14. The van der Waals surface area contributed by atoms with Crippen LogP contribution in [0.3, 0.4) is 0 Å². The number of hydrogen-bond donors (Lipinski definition) is 4. The molecule has 0 radical (unpaired) electrons. The summed E-state index contributed by atoms with van der Waals surface area (Å²) >= 11 is 0. The van der Waals surface area contributed by atoms with Crippen LogP contribution in [0.5, 0.6) is 0 Å². The average Bonchev–Trinajstić information content (AvgIpc) is 2.72. The van der Waals surface area contributed by atoms with E-state index in [0.29, 0.717) is 17.2 Å². The Labute approximate surface area is 183 Å². The monoisotopic (exact) mass is 455 g/mol. The Kier molecular flexibility index (Phi) is 11.6. The lowest BCUT2D eigenvalue weighted by Gasteiger charge is -2.16. The van der Waals surface area contributed by atoms with Crippen LogP contribution in [0.1, 0.15) is 64.7 Å². The van der Waals surface area contributed by atoms with Crippen LogP contribution < -0.4 is 27.6 Å². The number of unbranched alkanes of at least 4 members (excludes halogenated alkanes) is 4. The molecular weight excluding hydrogens is 425 g/mol. The normalized spacial score (nSPS) is 11.6. The van der Waals surface area contributed by atoms with Crippen molar-refractivity contribution in [2.45, 2.75) is 70.8 Å². The molecule has 0 saturated heterocycles. The predicted molar refractivity (Wildman–Crippen MR) is 113 cm³/mol. The SMILES string of the molecule is CCCCCCCC(=O)N[C@H](CC(N)=O)C(=O)CCCNC(=O)n1cc(F)c(=O)[nH]c1=O. The second kappa shape index (κ2) is 13.9. The zero-order chi connectivity index (χ0) is 24.1. The van der Waals surface area contributed by atoms with Crippen LogP contribution in [0.2, 0.25) is 0 Å². The maximum absolute atomic E-state index is 13.2. The Morgan fingerprint density at radius 3 is 2.44 bits per heavy atom. The molecule has 0 aliphatic rings. The lowest BCUT2D eigenvalue weighted by atomic mass is 10.0. The van der Waals surface area contributed by atoms with Crippen molar-refractivity contribution in [3.05, 3.63) is 32.9 Å². The molecule has 0 aliphatic carbocycles. The molecule has 0 unspecified atom stereocenters. The number of halogens is 1. The van der Waals surface area contributed by atoms with Crippen molar-refractivity contribution in [2.75, 3.05) is 6.54 Å². The Morgan fingerprint density at radius 1 is 1.09 bits per heavy atom. The van der Waals surface area contributed by atoms with Gasteiger partial charge in [0.1, 0.15) is 0 Å². The van der Waals surface area contributed by atoms with Gasteiger partial charge in [-0.05, 0) is 12.8 Å². The van der Waals surface area contributed by atoms with Crippen molar-refractivity contribution >= 4 is 23.6 Å². The van der Waals surface area contributed by atoms with Gasteiger partial charge < -0.3 is 16.4 Å². The minimum Gasteiger partial charge on any atom is -0.370 e. The molecule has 0 saturated carbocycles. The number of nitrogens with one attached hydrogen (secondary N) is 3. The van der Waals surface area contributed by atoms with Crippen molar-refractivity contribution in [3.63, 3.8) is 0 Å². The topological polar surface area (TPSA) is 173 Å². The first-order valence-corrected chi connectivity index (χ1v) is 10.6. The Morgan fingerprint density at radius 2 is 1.78 bits per heavy atom. The van der Waals surface area contributed by atoms with Gasteiger partial charge in [-0.1, -0.05) is 32.6 Å². The van der Waals surface area contributed by atoms with E-state index in [4.69, 9.17) is 5.73 Å². The molecule has 1 aromatic heterocycles. The molecule has 32 heavy (non-hydrogen) atoms. The zero-order valence-corrected chi connectivity index (χ0v) is 18.1. The van der Waals surface area contributed by atoms with Crippen LogP contribution in [-0.2, 0) is 14.4 Å². The number of nitrogens with two attached hydrogens (primary N) is 1. The summed E-state index contributed by atoms with van der Waals surface area (Å²) in [6.45, 7) is 2.04. The van der Waals surface area contributed by atoms with Gasteiger partial charge in [-0.3, -0.25) is 24.2 Å². The molecule has 0 aromatic carbocycles. The van der Waals surface area contributed by atoms with Gasteiger partial charge in [-0.2, -0.15) is 4.39 Å². The lowest BCUT2D eigenvalue weighted by molar-refractivity contribution is -0.130. The number of aromatic amines is 1. The standard InChI is InChI=1S/C20H30FN5O6/c1-2-3-4-5-6-9-17(29)24-14(11-16(22)28)15(27)8-7-10-23-19(31)26-12-13(21)18(30)25-20(26)32/h12,14H,2-11H2,1H3,(H2,22,28)(H,23,31)(H,24,29)(H,25,30,32)/t14-/m1/s1. The molecule has 12 heteroatoms. The molecule has 0 spiro atoms. The van der Waals surface area contributed by atoms with Crippen LogP contribution in [0.4, 0.5) is 9.18 Å². The number of aromatic nitrogens is 2. The van der Waals surface area contributed by atoms with Gasteiger partial charge in [-0.25, -0.2) is 14.2 Å². The maximum Gasteiger partial charge on any atom is 0.336 e. The highest BCUT2D eigenvalue weighted by Gasteiger charge is 2.22. The van der Waals surface area contributed by atoms with Gasteiger partial charge in [0.15, 0.2) is 5.78 Å². The molecule has 1 rings (SSSR count). The maximum atomic E-state index is 13.2. The summed E-state index contributed by atoms with van der Waals surface area (Å²) in [7, 11) is 0. The van der Waals surface area contributed by atoms with Crippen LogP contribution in [0, 0.1) is 5.82 Å². The quantitative estimate of drug-likeness (QED) is 0.294. The zero-order valence-electron chi connectivity index (χ0n) is 18.1. The molecule has 11 nitrogen and oxygen atoms in total. The van der Waals surface area contributed by atoms with E-state index in [0.717, 1.165) is 25.7 Å². The van der Waals surface area contributed by atoms with Gasteiger partial charge in [0, 0.05) is 19.4 Å². The van der Waals surface area contributed by atoms with Crippen LogP contribution in [0.25, 0.3) is 0 Å². The highest BCUT2D eigenvalue weighted by molar-refractivity contribution is 5.92. The van der Waals surface area contributed by atoms with Crippen molar-refractivity contribution < 1.29 is 23.6 Å². The molecule has 3 amide bonds. The van der Waals surface area contributed by atoms with E-state index in [1.165, 1.54) is 0 Å². The Bertz CT molecular complexity index is 926. The second-order valence-electron chi connectivity index (χ2n) is 7.36. The van der Waals surface area contributed by atoms with Crippen molar-refractivity contribution in [3.8, 4) is 0 Å². The van der Waals surface area contributed by atoms with Gasteiger partial charge in [-0.15, -0.1) is 0 Å². The van der Waals surface area contributed by atoms with Crippen LogP contribution in [-0.4, -0.2) is 45.8 Å². The van der Waals surface area contributed by atoms with E-state index >= 15 is 0 Å². The molecule has 0 aliphatic heterocycles. The van der Waals surface area contributed by atoms with E-state index in [2.05, 4.69) is 17.6 Å². The summed E-state index contributed by atoms with van der Waals surface area (Å²) in [6, 6.07) is -2.04. The van der Waals surface area contributed by atoms with Crippen LogP contribution in [0.15, 0.2) is 15.8 Å². The number of carbonyl (C=O) groups excluding carboxylic acids is 4. The third-order valence-electron chi connectivity index (χ3n) is 4.63. The third-order valence-corrected chi connectivity index (χ3v) is 4.63. The highest BCUT2D eigenvalue weighted by Crippen LogP contribution is 2.06. The number of ketones is 1. The van der Waals surface area contributed by atoms with E-state index in [-0.39, 0.29) is 38.1 Å². The third kappa shape index (κ3) is 9.67. The number of nitrogens with zero attached hydrogens (tertiary/aromatic N) is 1. The fourth-order valence-electron chi connectivity index (χ4n) is 2.92. The van der Waals surface area contributed by atoms with Crippen molar-refractivity contribution in [1.82, 2.24) is 20.2 Å². The fraction of sp³-hybridized carbons (Fsp3) is 0.600. The first-order valence-electron chi connectivity index (χ1n) is 10.6. The molecule has 5 N–H and O–H groups in total. The van der Waals surface area contributed by atoms with E-state index in [1.54, 1.807) is 4.98 Å². The second-order valence-corrected chi connectivity index (χ2v) is 7.36. The number of H-pyrrole nitrogens is 1. The predicted octanol–water partition coefficient (Wildman–Crippen LogP) is 0.303. The largest absolute Gasteiger partial charge is 0.370 e. The molecule has 178 valence electrons. The molecule has 1 aromatic rings. The summed E-state index contributed by atoms with van der Waals surface area (Å²) in [5, 5.41) is 4.85. The van der Waals surface area contributed by atoms with Gasteiger partial charge in [0.2, 0.25) is 17.6 Å². The first kappa shape index (κ1) is 26.7. The summed E-state index contributed by atoms with van der Waals surface area (Å²) in [5.41, 5.74) is 2.82.